The summed E-state index contributed by atoms with van der Waals surface area (Å²) in [6, 6.07) is 3.83. The van der Waals surface area contributed by atoms with E-state index in [4.69, 9.17) is 5.73 Å². The summed E-state index contributed by atoms with van der Waals surface area (Å²) in [5, 5.41) is 0. The van der Waals surface area contributed by atoms with Crippen LogP contribution in [0.15, 0.2) is 23.1 Å². The standard InChI is InChI=1S/C15H19FN2O2S/c16-14-11-13(5-2-9-17)6-7-15(14)21(19,20)18-10-8-12-3-1-4-12/h6-7,11-12,18H,1,3-4,8-10,17H2. The summed E-state index contributed by atoms with van der Waals surface area (Å²) in [4.78, 5) is -0.339. The zero-order valence-corrected chi connectivity index (χ0v) is 12.5. The maximum Gasteiger partial charge on any atom is 0.243 e. The maximum atomic E-state index is 13.9. The van der Waals surface area contributed by atoms with Crippen molar-refractivity contribution in [3.05, 3.63) is 29.6 Å². The van der Waals surface area contributed by atoms with Gasteiger partial charge in [-0.2, -0.15) is 0 Å². The summed E-state index contributed by atoms with van der Waals surface area (Å²) in [5.74, 6) is 5.07. The first-order valence-electron chi connectivity index (χ1n) is 7.01. The minimum absolute atomic E-state index is 0.171. The van der Waals surface area contributed by atoms with E-state index >= 15 is 0 Å². The molecule has 0 amide bonds. The van der Waals surface area contributed by atoms with E-state index in [-0.39, 0.29) is 11.4 Å². The number of rotatable bonds is 5. The molecular formula is C15H19FN2O2S. The number of sulfonamides is 1. The van der Waals surface area contributed by atoms with Crippen LogP contribution in [-0.2, 0) is 10.0 Å². The molecule has 1 aromatic rings. The van der Waals surface area contributed by atoms with Crippen molar-refractivity contribution in [2.75, 3.05) is 13.1 Å². The van der Waals surface area contributed by atoms with Gasteiger partial charge in [-0.15, -0.1) is 0 Å². The van der Waals surface area contributed by atoms with Crippen molar-refractivity contribution in [3.8, 4) is 11.8 Å². The monoisotopic (exact) mass is 310 g/mol. The number of halogens is 1. The first-order chi connectivity index (χ1) is 10.0. The lowest BCUT2D eigenvalue weighted by molar-refractivity contribution is 0.297. The molecule has 4 nitrogen and oxygen atoms in total. The lowest BCUT2D eigenvalue weighted by Gasteiger charge is -2.25. The zero-order valence-electron chi connectivity index (χ0n) is 11.7. The molecular weight excluding hydrogens is 291 g/mol. The van der Waals surface area contributed by atoms with Gasteiger partial charge in [0, 0.05) is 12.1 Å². The van der Waals surface area contributed by atoms with E-state index in [0.29, 0.717) is 18.0 Å². The molecule has 1 aliphatic rings. The minimum Gasteiger partial charge on any atom is -0.320 e. The van der Waals surface area contributed by atoms with E-state index in [9.17, 15) is 12.8 Å². The van der Waals surface area contributed by atoms with Crippen LogP contribution in [0, 0.1) is 23.6 Å². The van der Waals surface area contributed by atoms with Crippen LogP contribution >= 0.6 is 0 Å². The number of hydrogen-bond acceptors (Lipinski definition) is 3. The highest BCUT2D eigenvalue weighted by atomic mass is 32.2. The largest absolute Gasteiger partial charge is 0.320 e. The van der Waals surface area contributed by atoms with Crippen molar-refractivity contribution in [2.24, 2.45) is 11.7 Å². The van der Waals surface area contributed by atoms with E-state index in [2.05, 4.69) is 16.6 Å². The molecule has 0 radical (unpaired) electrons. The SMILES string of the molecule is NCC#Cc1ccc(S(=O)(=O)NCCC2CCC2)c(F)c1. The predicted molar refractivity (Wildman–Crippen MR) is 79.5 cm³/mol. The first-order valence-corrected chi connectivity index (χ1v) is 8.49. The van der Waals surface area contributed by atoms with Crippen molar-refractivity contribution in [3.63, 3.8) is 0 Å². The smallest absolute Gasteiger partial charge is 0.243 e. The van der Waals surface area contributed by atoms with Crippen molar-refractivity contribution in [1.82, 2.24) is 4.72 Å². The highest BCUT2D eigenvalue weighted by Crippen LogP contribution is 2.29. The fourth-order valence-electron chi connectivity index (χ4n) is 2.21. The normalized spacial score (nSPS) is 15.1. The average molecular weight is 310 g/mol. The molecule has 1 fully saturated rings. The van der Waals surface area contributed by atoms with Gasteiger partial charge in [0.25, 0.3) is 0 Å². The van der Waals surface area contributed by atoms with Gasteiger partial charge in [-0.05, 0) is 30.5 Å². The third kappa shape index (κ3) is 4.27. The summed E-state index contributed by atoms with van der Waals surface area (Å²) < 4.78 is 40.5. The molecule has 0 bridgehead atoms. The van der Waals surface area contributed by atoms with Gasteiger partial charge >= 0.3 is 0 Å². The van der Waals surface area contributed by atoms with E-state index in [0.717, 1.165) is 25.3 Å². The van der Waals surface area contributed by atoms with Gasteiger partial charge in [0.15, 0.2) is 0 Å². The van der Waals surface area contributed by atoms with Crippen LogP contribution in [0.3, 0.4) is 0 Å². The van der Waals surface area contributed by atoms with Crippen LogP contribution in [0.2, 0.25) is 0 Å². The van der Waals surface area contributed by atoms with Gasteiger partial charge in [-0.1, -0.05) is 31.1 Å². The Morgan fingerprint density at radius 1 is 1.38 bits per heavy atom. The van der Waals surface area contributed by atoms with Gasteiger partial charge in [0.1, 0.15) is 10.7 Å². The van der Waals surface area contributed by atoms with Gasteiger partial charge in [0.2, 0.25) is 10.0 Å². The van der Waals surface area contributed by atoms with E-state index in [1.165, 1.54) is 18.6 Å². The molecule has 0 atom stereocenters. The first kappa shape index (κ1) is 16.0. The summed E-state index contributed by atoms with van der Waals surface area (Å²) in [6.07, 6.45) is 4.34. The van der Waals surface area contributed by atoms with Crippen LogP contribution in [0.4, 0.5) is 4.39 Å². The Kier molecular flexibility index (Phi) is 5.34. The summed E-state index contributed by atoms with van der Waals surface area (Å²) in [7, 11) is -3.81. The molecule has 21 heavy (non-hydrogen) atoms. The fourth-order valence-corrected chi connectivity index (χ4v) is 3.31. The van der Waals surface area contributed by atoms with E-state index in [1.807, 2.05) is 0 Å². The molecule has 1 saturated carbocycles. The molecule has 6 heteroatoms. The van der Waals surface area contributed by atoms with Crippen molar-refractivity contribution < 1.29 is 12.8 Å². The highest BCUT2D eigenvalue weighted by Gasteiger charge is 2.21. The number of hydrogen-bond donors (Lipinski definition) is 2. The third-order valence-corrected chi connectivity index (χ3v) is 5.12. The molecule has 1 aromatic carbocycles. The average Bonchev–Trinajstić information content (AvgIpc) is 2.39. The quantitative estimate of drug-likeness (QED) is 0.812. The molecule has 2 rings (SSSR count). The Morgan fingerprint density at radius 2 is 2.14 bits per heavy atom. The van der Waals surface area contributed by atoms with Crippen molar-refractivity contribution in [2.45, 2.75) is 30.6 Å². The zero-order chi connectivity index (χ0) is 15.3. The maximum absolute atomic E-state index is 13.9. The second-order valence-electron chi connectivity index (χ2n) is 5.13. The Hall–Kier alpha value is -1.42. The van der Waals surface area contributed by atoms with Gasteiger partial charge < -0.3 is 5.73 Å². The Morgan fingerprint density at radius 3 is 2.71 bits per heavy atom. The highest BCUT2D eigenvalue weighted by molar-refractivity contribution is 7.89. The molecule has 0 heterocycles. The number of benzene rings is 1. The summed E-state index contributed by atoms with van der Waals surface area (Å²) >= 11 is 0. The van der Waals surface area contributed by atoms with Crippen LogP contribution in [0.5, 0.6) is 0 Å². The van der Waals surface area contributed by atoms with Crippen LogP contribution in [-0.4, -0.2) is 21.5 Å². The van der Waals surface area contributed by atoms with Crippen molar-refractivity contribution >= 4 is 10.0 Å². The van der Waals surface area contributed by atoms with Crippen LogP contribution in [0.1, 0.15) is 31.2 Å². The molecule has 114 valence electrons. The predicted octanol–water partition coefficient (Wildman–Crippen LogP) is 1.60. The minimum atomic E-state index is -3.81. The Labute approximate surface area is 125 Å². The van der Waals surface area contributed by atoms with Gasteiger partial charge in [-0.3, -0.25) is 0 Å². The molecule has 1 aliphatic carbocycles. The van der Waals surface area contributed by atoms with E-state index < -0.39 is 15.8 Å². The van der Waals surface area contributed by atoms with Crippen molar-refractivity contribution in [1.29, 1.82) is 0 Å². The molecule has 0 aliphatic heterocycles. The van der Waals surface area contributed by atoms with E-state index in [1.54, 1.807) is 0 Å². The molecule has 0 saturated heterocycles. The number of nitrogens with one attached hydrogen (secondary N) is 1. The van der Waals surface area contributed by atoms with Crippen LogP contribution < -0.4 is 10.5 Å². The van der Waals surface area contributed by atoms with Gasteiger partial charge in [0.05, 0.1) is 6.54 Å². The molecule has 0 spiro atoms. The van der Waals surface area contributed by atoms with Crippen LogP contribution in [0.25, 0.3) is 0 Å². The third-order valence-electron chi connectivity index (χ3n) is 3.63. The topological polar surface area (TPSA) is 72.2 Å². The Bertz CT molecular complexity index is 658. The van der Waals surface area contributed by atoms with Gasteiger partial charge in [-0.25, -0.2) is 17.5 Å². The number of nitrogens with two attached hydrogens (primary N) is 1. The second-order valence-corrected chi connectivity index (χ2v) is 6.87. The summed E-state index contributed by atoms with van der Waals surface area (Å²) in [6.45, 7) is 0.519. The Balaban J connectivity index is 2.04. The second kappa shape index (κ2) is 7.03. The fraction of sp³-hybridized carbons (Fsp3) is 0.467. The lowest BCUT2D eigenvalue weighted by Crippen LogP contribution is -2.28. The molecule has 3 N–H and O–H groups in total. The summed E-state index contributed by atoms with van der Waals surface area (Å²) in [5.41, 5.74) is 5.64. The lowest BCUT2D eigenvalue weighted by atomic mass is 9.83. The molecule has 0 unspecified atom stereocenters. The molecule has 0 aromatic heterocycles.